The highest BCUT2D eigenvalue weighted by atomic mass is 16.5. The SMILES string of the molecule is CCOCC(C)NCC(=O)NCC(C)C. The van der Waals surface area contributed by atoms with Crippen LogP contribution in [0.1, 0.15) is 27.7 Å². The lowest BCUT2D eigenvalue weighted by atomic mass is 10.2. The molecular weight excluding hydrogens is 192 g/mol. The molecule has 0 aliphatic heterocycles. The number of ether oxygens (including phenoxy) is 1. The molecule has 4 heteroatoms. The molecule has 1 amide bonds. The van der Waals surface area contributed by atoms with Crippen molar-refractivity contribution in [3.8, 4) is 0 Å². The standard InChI is InChI=1S/C11H24N2O2/c1-5-15-8-10(4)12-7-11(14)13-6-9(2)3/h9-10,12H,5-8H2,1-4H3,(H,13,14). The Balaban J connectivity index is 3.44. The average Bonchev–Trinajstić information content (AvgIpc) is 2.20. The first-order chi connectivity index (χ1) is 7.06. The van der Waals surface area contributed by atoms with Crippen molar-refractivity contribution < 1.29 is 9.53 Å². The third-order valence-electron chi connectivity index (χ3n) is 1.89. The van der Waals surface area contributed by atoms with Crippen LogP contribution in [-0.2, 0) is 9.53 Å². The van der Waals surface area contributed by atoms with E-state index in [0.29, 0.717) is 25.7 Å². The zero-order valence-corrected chi connectivity index (χ0v) is 10.3. The van der Waals surface area contributed by atoms with Crippen molar-refractivity contribution in [2.24, 2.45) is 5.92 Å². The Morgan fingerprint density at radius 2 is 2.00 bits per heavy atom. The van der Waals surface area contributed by atoms with Crippen LogP contribution in [0.3, 0.4) is 0 Å². The maximum absolute atomic E-state index is 11.3. The third kappa shape index (κ3) is 9.69. The van der Waals surface area contributed by atoms with Gasteiger partial charge in [-0.15, -0.1) is 0 Å². The van der Waals surface area contributed by atoms with Gasteiger partial charge in [-0.05, 0) is 19.8 Å². The summed E-state index contributed by atoms with van der Waals surface area (Å²) < 4.78 is 5.23. The van der Waals surface area contributed by atoms with Gasteiger partial charge in [0.2, 0.25) is 5.91 Å². The summed E-state index contributed by atoms with van der Waals surface area (Å²) in [7, 11) is 0. The van der Waals surface area contributed by atoms with Gasteiger partial charge in [0.15, 0.2) is 0 Å². The fraction of sp³-hybridized carbons (Fsp3) is 0.909. The average molecular weight is 216 g/mol. The van der Waals surface area contributed by atoms with Gasteiger partial charge >= 0.3 is 0 Å². The number of hydrogen-bond acceptors (Lipinski definition) is 3. The molecule has 0 heterocycles. The van der Waals surface area contributed by atoms with Gasteiger partial charge in [0.25, 0.3) is 0 Å². The minimum atomic E-state index is 0.0482. The molecule has 0 spiro atoms. The minimum absolute atomic E-state index is 0.0482. The van der Waals surface area contributed by atoms with Gasteiger partial charge in [-0.2, -0.15) is 0 Å². The Hall–Kier alpha value is -0.610. The molecule has 4 nitrogen and oxygen atoms in total. The number of amides is 1. The van der Waals surface area contributed by atoms with Crippen LogP contribution < -0.4 is 10.6 Å². The lowest BCUT2D eigenvalue weighted by Crippen LogP contribution is -2.40. The van der Waals surface area contributed by atoms with Crippen molar-refractivity contribution in [1.82, 2.24) is 10.6 Å². The maximum atomic E-state index is 11.3. The van der Waals surface area contributed by atoms with Gasteiger partial charge < -0.3 is 15.4 Å². The van der Waals surface area contributed by atoms with Gasteiger partial charge in [0.1, 0.15) is 0 Å². The normalized spacial score (nSPS) is 12.9. The molecule has 0 aromatic carbocycles. The van der Waals surface area contributed by atoms with Crippen LogP contribution in [-0.4, -0.2) is 38.3 Å². The van der Waals surface area contributed by atoms with Gasteiger partial charge in [0.05, 0.1) is 13.2 Å². The molecule has 0 aromatic rings. The summed E-state index contributed by atoms with van der Waals surface area (Å²) in [5.41, 5.74) is 0. The summed E-state index contributed by atoms with van der Waals surface area (Å²) in [5, 5.41) is 5.96. The molecule has 0 radical (unpaired) electrons. The highest BCUT2D eigenvalue weighted by molar-refractivity contribution is 5.77. The molecule has 0 saturated heterocycles. The molecule has 0 saturated carbocycles. The quantitative estimate of drug-likeness (QED) is 0.630. The summed E-state index contributed by atoms with van der Waals surface area (Å²) in [6.07, 6.45) is 0. The van der Waals surface area contributed by atoms with E-state index in [1.165, 1.54) is 0 Å². The van der Waals surface area contributed by atoms with Gasteiger partial charge in [-0.3, -0.25) is 4.79 Å². The Bertz CT molecular complexity index is 172. The Morgan fingerprint density at radius 3 is 2.53 bits per heavy atom. The van der Waals surface area contributed by atoms with E-state index in [9.17, 15) is 4.79 Å². The zero-order valence-electron chi connectivity index (χ0n) is 10.3. The fourth-order valence-corrected chi connectivity index (χ4v) is 1.00. The summed E-state index contributed by atoms with van der Waals surface area (Å²) in [4.78, 5) is 11.3. The maximum Gasteiger partial charge on any atom is 0.233 e. The predicted octanol–water partition coefficient (Wildman–Crippen LogP) is 0.773. The Labute approximate surface area is 92.8 Å². The van der Waals surface area contributed by atoms with Crippen molar-refractivity contribution in [3.63, 3.8) is 0 Å². The molecule has 0 bridgehead atoms. The van der Waals surface area contributed by atoms with E-state index in [1.54, 1.807) is 0 Å². The first-order valence-electron chi connectivity index (χ1n) is 5.64. The van der Waals surface area contributed by atoms with Crippen LogP contribution in [0.5, 0.6) is 0 Å². The molecule has 0 aromatic heterocycles. The van der Waals surface area contributed by atoms with Crippen LogP contribution >= 0.6 is 0 Å². The van der Waals surface area contributed by atoms with E-state index < -0.39 is 0 Å². The molecule has 0 rings (SSSR count). The van der Waals surface area contributed by atoms with E-state index in [2.05, 4.69) is 24.5 Å². The summed E-state index contributed by atoms with van der Waals surface area (Å²) in [6.45, 7) is 10.6. The minimum Gasteiger partial charge on any atom is -0.380 e. The Kier molecular flexibility index (Phi) is 8.33. The van der Waals surface area contributed by atoms with Crippen LogP contribution in [0.25, 0.3) is 0 Å². The number of hydrogen-bond donors (Lipinski definition) is 2. The number of nitrogens with one attached hydrogen (secondary N) is 2. The highest BCUT2D eigenvalue weighted by Crippen LogP contribution is 1.87. The van der Waals surface area contributed by atoms with E-state index in [1.807, 2.05) is 13.8 Å². The third-order valence-corrected chi connectivity index (χ3v) is 1.89. The van der Waals surface area contributed by atoms with Gasteiger partial charge in [0, 0.05) is 19.2 Å². The van der Waals surface area contributed by atoms with Gasteiger partial charge in [-0.1, -0.05) is 13.8 Å². The second-order valence-electron chi connectivity index (χ2n) is 4.14. The molecule has 1 atom stereocenters. The Morgan fingerprint density at radius 1 is 1.33 bits per heavy atom. The first kappa shape index (κ1) is 14.4. The van der Waals surface area contributed by atoms with E-state index in [-0.39, 0.29) is 11.9 Å². The van der Waals surface area contributed by atoms with E-state index in [4.69, 9.17) is 4.74 Å². The van der Waals surface area contributed by atoms with E-state index >= 15 is 0 Å². The van der Waals surface area contributed by atoms with Crippen molar-refractivity contribution in [2.45, 2.75) is 33.7 Å². The summed E-state index contributed by atoms with van der Waals surface area (Å²) >= 11 is 0. The smallest absolute Gasteiger partial charge is 0.233 e. The van der Waals surface area contributed by atoms with Gasteiger partial charge in [-0.25, -0.2) is 0 Å². The lowest BCUT2D eigenvalue weighted by Gasteiger charge is -2.13. The first-order valence-corrected chi connectivity index (χ1v) is 5.64. The van der Waals surface area contributed by atoms with Crippen LogP contribution in [0, 0.1) is 5.92 Å². The molecule has 0 aliphatic carbocycles. The molecule has 15 heavy (non-hydrogen) atoms. The second-order valence-corrected chi connectivity index (χ2v) is 4.14. The van der Waals surface area contributed by atoms with Crippen LogP contribution in [0.2, 0.25) is 0 Å². The molecule has 2 N–H and O–H groups in total. The number of carbonyl (C=O) groups excluding carboxylic acids is 1. The topological polar surface area (TPSA) is 50.4 Å². The monoisotopic (exact) mass is 216 g/mol. The van der Waals surface area contributed by atoms with E-state index in [0.717, 1.165) is 6.54 Å². The van der Waals surface area contributed by atoms with Crippen molar-refractivity contribution in [1.29, 1.82) is 0 Å². The predicted molar refractivity (Wildman–Crippen MR) is 61.8 cm³/mol. The summed E-state index contributed by atoms with van der Waals surface area (Å²) in [6, 6.07) is 0.217. The van der Waals surface area contributed by atoms with Crippen LogP contribution in [0.4, 0.5) is 0 Å². The molecule has 0 fully saturated rings. The summed E-state index contributed by atoms with van der Waals surface area (Å²) in [5.74, 6) is 0.543. The molecule has 90 valence electrons. The highest BCUT2D eigenvalue weighted by Gasteiger charge is 2.05. The van der Waals surface area contributed by atoms with Crippen molar-refractivity contribution in [3.05, 3.63) is 0 Å². The zero-order chi connectivity index (χ0) is 11.7. The number of rotatable bonds is 8. The van der Waals surface area contributed by atoms with Crippen molar-refractivity contribution >= 4 is 5.91 Å². The largest absolute Gasteiger partial charge is 0.380 e. The number of carbonyl (C=O) groups is 1. The fourth-order valence-electron chi connectivity index (χ4n) is 1.00. The van der Waals surface area contributed by atoms with Crippen LogP contribution in [0.15, 0.2) is 0 Å². The molecule has 1 unspecified atom stereocenters. The lowest BCUT2D eigenvalue weighted by molar-refractivity contribution is -0.120. The second kappa shape index (κ2) is 8.68. The van der Waals surface area contributed by atoms with Crippen molar-refractivity contribution in [2.75, 3.05) is 26.3 Å². The molecular formula is C11H24N2O2. The molecule has 0 aliphatic rings.